The summed E-state index contributed by atoms with van der Waals surface area (Å²) in [6, 6.07) is 10.1. The summed E-state index contributed by atoms with van der Waals surface area (Å²) in [5, 5.41) is 4.15. The first-order valence-corrected chi connectivity index (χ1v) is 9.96. The van der Waals surface area contributed by atoms with Gasteiger partial charge in [0, 0.05) is 61.8 Å². The van der Waals surface area contributed by atoms with Crippen LogP contribution >= 0.6 is 11.6 Å². The van der Waals surface area contributed by atoms with Crippen LogP contribution in [0.3, 0.4) is 0 Å². The molecule has 1 N–H and O–H groups in total. The Kier molecular flexibility index (Phi) is 4.36. The first-order chi connectivity index (χ1) is 14.1. The van der Waals surface area contributed by atoms with Crippen LogP contribution in [0, 0.1) is 0 Å². The highest BCUT2D eigenvalue weighted by Crippen LogP contribution is 2.37. The Balaban J connectivity index is 1.46. The van der Waals surface area contributed by atoms with Crippen molar-refractivity contribution in [2.24, 2.45) is 0 Å². The van der Waals surface area contributed by atoms with Gasteiger partial charge >= 0.3 is 0 Å². The van der Waals surface area contributed by atoms with Crippen molar-refractivity contribution in [1.29, 1.82) is 0 Å². The summed E-state index contributed by atoms with van der Waals surface area (Å²) in [6.07, 6.45) is 4.23. The number of aromatic nitrogens is 3. The molecule has 4 heterocycles. The smallest absolute Gasteiger partial charge is 0.147 e. The summed E-state index contributed by atoms with van der Waals surface area (Å²) in [4.78, 5) is 17.9. The van der Waals surface area contributed by atoms with Gasteiger partial charge in [-0.3, -0.25) is 0 Å². The summed E-state index contributed by atoms with van der Waals surface area (Å²) in [5.74, 6) is 1.62. The average molecular weight is 405 g/mol. The number of anilines is 4. The van der Waals surface area contributed by atoms with E-state index in [-0.39, 0.29) is 0 Å². The minimum atomic E-state index is 0.657. The Labute approximate surface area is 174 Å². The fraction of sp³-hybridized carbons (Fsp3) is 0.227. The number of rotatable bonds is 3. The Hall–Kier alpha value is -3.12. The molecule has 2 aromatic heterocycles. The van der Waals surface area contributed by atoms with E-state index in [1.807, 2.05) is 12.1 Å². The summed E-state index contributed by atoms with van der Waals surface area (Å²) in [6.45, 7) is 6.51. The van der Waals surface area contributed by atoms with Gasteiger partial charge in [0.1, 0.15) is 18.0 Å². The number of likely N-dealkylation sites (N-methyl/N-ethyl adjacent to an activating group) is 1. The Bertz CT molecular complexity index is 1110. The predicted octanol–water partition coefficient (Wildman–Crippen LogP) is 4.29. The van der Waals surface area contributed by atoms with E-state index in [4.69, 9.17) is 11.6 Å². The van der Waals surface area contributed by atoms with Gasteiger partial charge in [-0.25, -0.2) is 15.0 Å². The van der Waals surface area contributed by atoms with E-state index in [0.717, 1.165) is 53.7 Å². The quantitative estimate of drug-likeness (QED) is 0.702. The molecule has 146 valence electrons. The average Bonchev–Trinajstić information content (AvgIpc) is 3.01. The standard InChI is InChI=1S/C22H21ClN6/c1-14-11-28(2)20-10-15(5-6-16(14)20)27-21-17-12-29(9-7-19(17)25-13-26-21)22-18(23)4-3-8-24-22/h3-6,8,10,13H,1,7,9,11-12H2,2H3,(H,25,26,27). The Morgan fingerprint density at radius 1 is 1.14 bits per heavy atom. The molecule has 29 heavy (non-hydrogen) atoms. The third-order valence-corrected chi connectivity index (χ3v) is 5.82. The third kappa shape index (κ3) is 3.19. The molecular weight excluding hydrogens is 384 g/mol. The number of nitrogens with zero attached hydrogens (tertiary/aromatic N) is 5. The molecule has 0 spiro atoms. The monoisotopic (exact) mass is 404 g/mol. The van der Waals surface area contributed by atoms with Crippen molar-refractivity contribution in [3.8, 4) is 0 Å². The van der Waals surface area contributed by atoms with Gasteiger partial charge in [-0.15, -0.1) is 0 Å². The molecule has 7 heteroatoms. The summed E-state index contributed by atoms with van der Waals surface area (Å²) >= 11 is 6.37. The summed E-state index contributed by atoms with van der Waals surface area (Å²) in [5.41, 5.74) is 6.69. The van der Waals surface area contributed by atoms with Gasteiger partial charge in [0.2, 0.25) is 0 Å². The van der Waals surface area contributed by atoms with Crippen molar-refractivity contribution in [3.05, 3.63) is 71.3 Å². The lowest BCUT2D eigenvalue weighted by molar-refractivity contribution is 0.699. The van der Waals surface area contributed by atoms with E-state index in [9.17, 15) is 0 Å². The maximum atomic E-state index is 6.37. The maximum Gasteiger partial charge on any atom is 0.147 e. The molecule has 0 bridgehead atoms. The molecule has 0 unspecified atom stereocenters. The van der Waals surface area contributed by atoms with Crippen LogP contribution in [0.15, 0.2) is 49.4 Å². The fourth-order valence-corrected chi connectivity index (χ4v) is 4.30. The van der Waals surface area contributed by atoms with Crippen LogP contribution in [-0.4, -0.2) is 35.1 Å². The van der Waals surface area contributed by atoms with E-state index < -0.39 is 0 Å². The molecule has 0 fully saturated rings. The molecule has 0 aliphatic carbocycles. The number of halogens is 1. The van der Waals surface area contributed by atoms with Crippen LogP contribution in [0.4, 0.5) is 23.0 Å². The van der Waals surface area contributed by atoms with Gasteiger partial charge in [0.15, 0.2) is 0 Å². The highest BCUT2D eigenvalue weighted by Gasteiger charge is 2.24. The van der Waals surface area contributed by atoms with Gasteiger partial charge in [-0.05, 0) is 29.8 Å². The second-order valence-electron chi connectivity index (χ2n) is 7.44. The van der Waals surface area contributed by atoms with Crippen molar-refractivity contribution in [3.63, 3.8) is 0 Å². The topological polar surface area (TPSA) is 57.2 Å². The maximum absolute atomic E-state index is 6.37. The van der Waals surface area contributed by atoms with Crippen LogP contribution in [0.5, 0.6) is 0 Å². The number of hydrogen-bond donors (Lipinski definition) is 1. The normalized spacial score (nSPS) is 15.3. The minimum Gasteiger partial charge on any atom is -0.370 e. The van der Waals surface area contributed by atoms with Crippen LogP contribution in [0.25, 0.3) is 5.57 Å². The number of nitrogens with one attached hydrogen (secondary N) is 1. The molecule has 3 aromatic rings. The zero-order valence-electron chi connectivity index (χ0n) is 16.2. The second-order valence-corrected chi connectivity index (χ2v) is 7.85. The molecule has 5 rings (SSSR count). The van der Waals surface area contributed by atoms with E-state index in [1.165, 1.54) is 11.3 Å². The molecular formula is C22H21ClN6. The lowest BCUT2D eigenvalue weighted by atomic mass is 10.1. The van der Waals surface area contributed by atoms with E-state index >= 15 is 0 Å². The zero-order chi connectivity index (χ0) is 20.0. The van der Waals surface area contributed by atoms with Crippen molar-refractivity contribution in [2.45, 2.75) is 13.0 Å². The third-order valence-electron chi connectivity index (χ3n) is 5.52. The zero-order valence-corrected chi connectivity index (χ0v) is 16.9. The van der Waals surface area contributed by atoms with E-state index in [2.05, 4.69) is 61.9 Å². The SMILES string of the molecule is C=C1CN(C)c2cc(Nc3ncnc4c3CN(c3ncccc3Cl)CC4)ccc21. The Morgan fingerprint density at radius 3 is 2.90 bits per heavy atom. The van der Waals surface area contributed by atoms with Crippen molar-refractivity contribution in [2.75, 3.05) is 35.3 Å². The fourth-order valence-electron chi connectivity index (χ4n) is 4.06. The molecule has 0 saturated heterocycles. The highest BCUT2D eigenvalue weighted by molar-refractivity contribution is 6.32. The Morgan fingerprint density at radius 2 is 2.03 bits per heavy atom. The molecule has 2 aliphatic heterocycles. The van der Waals surface area contributed by atoms with Crippen LogP contribution in [0.1, 0.15) is 16.8 Å². The highest BCUT2D eigenvalue weighted by atomic mass is 35.5. The first kappa shape index (κ1) is 17.9. The molecule has 0 saturated carbocycles. The number of fused-ring (bicyclic) bond motifs is 2. The lowest BCUT2D eigenvalue weighted by Crippen LogP contribution is -2.32. The van der Waals surface area contributed by atoms with Crippen molar-refractivity contribution >= 4 is 40.2 Å². The van der Waals surface area contributed by atoms with Crippen molar-refractivity contribution < 1.29 is 0 Å². The van der Waals surface area contributed by atoms with E-state index in [0.29, 0.717) is 11.6 Å². The number of pyridine rings is 1. The van der Waals surface area contributed by atoms with Gasteiger partial charge in [0.05, 0.1) is 10.7 Å². The minimum absolute atomic E-state index is 0.657. The first-order valence-electron chi connectivity index (χ1n) is 9.59. The predicted molar refractivity (Wildman–Crippen MR) is 118 cm³/mol. The van der Waals surface area contributed by atoms with Gasteiger partial charge < -0.3 is 15.1 Å². The van der Waals surface area contributed by atoms with Crippen molar-refractivity contribution in [1.82, 2.24) is 15.0 Å². The summed E-state index contributed by atoms with van der Waals surface area (Å²) < 4.78 is 0. The molecule has 0 radical (unpaired) electrons. The van der Waals surface area contributed by atoms with Crippen LogP contribution in [-0.2, 0) is 13.0 Å². The number of hydrogen-bond acceptors (Lipinski definition) is 6. The van der Waals surface area contributed by atoms with E-state index in [1.54, 1.807) is 12.5 Å². The molecule has 6 nitrogen and oxygen atoms in total. The lowest BCUT2D eigenvalue weighted by Gasteiger charge is -2.30. The largest absolute Gasteiger partial charge is 0.370 e. The van der Waals surface area contributed by atoms with Crippen LogP contribution in [0.2, 0.25) is 5.02 Å². The van der Waals surface area contributed by atoms with Gasteiger partial charge in [0.25, 0.3) is 0 Å². The number of benzene rings is 1. The van der Waals surface area contributed by atoms with Gasteiger partial charge in [-0.2, -0.15) is 0 Å². The van der Waals surface area contributed by atoms with Crippen LogP contribution < -0.4 is 15.1 Å². The summed E-state index contributed by atoms with van der Waals surface area (Å²) in [7, 11) is 2.09. The molecule has 1 aromatic carbocycles. The molecule has 2 aliphatic rings. The molecule has 0 amide bonds. The molecule has 0 atom stereocenters. The second kappa shape index (κ2) is 7.04. The van der Waals surface area contributed by atoms with Gasteiger partial charge in [-0.1, -0.05) is 24.2 Å².